The number of anilines is 2. The molecule has 4 aromatic heterocycles. The van der Waals surface area contributed by atoms with Gasteiger partial charge in [-0.15, -0.1) is 6.42 Å². The Labute approximate surface area is 381 Å². The molecule has 67 heavy (non-hydrogen) atoms. The van der Waals surface area contributed by atoms with E-state index in [0.717, 1.165) is 18.2 Å². The number of nitrogens with one attached hydrogen (secondary N) is 2. The Morgan fingerprint density at radius 3 is 2.64 bits per heavy atom. The van der Waals surface area contributed by atoms with Gasteiger partial charge in [-0.1, -0.05) is 29.9 Å². The molecule has 5 aromatic rings. The number of hydrogen-bond acceptors (Lipinski definition) is 11. The van der Waals surface area contributed by atoms with Crippen LogP contribution in [0.4, 0.5) is 33.5 Å². The number of halogens is 5. The van der Waals surface area contributed by atoms with Crippen LogP contribution in [0.1, 0.15) is 90.6 Å². The zero-order valence-corrected chi connectivity index (χ0v) is 36.3. The Bertz CT molecular complexity index is 2750. The highest BCUT2D eigenvalue weighted by Gasteiger charge is 2.35. The number of alkyl halides is 5. The number of amides is 3. The molecule has 2 N–H and O–H groups in total. The number of morpholine rings is 1. The van der Waals surface area contributed by atoms with E-state index in [-0.39, 0.29) is 74.0 Å². The van der Waals surface area contributed by atoms with Gasteiger partial charge in [0.15, 0.2) is 11.3 Å². The summed E-state index contributed by atoms with van der Waals surface area (Å²) >= 11 is 0. The van der Waals surface area contributed by atoms with E-state index in [2.05, 4.69) is 53.6 Å². The number of terminal acetylenes is 1. The van der Waals surface area contributed by atoms with Crippen LogP contribution in [-0.2, 0) is 25.6 Å². The number of benzene rings is 1. The number of likely N-dealkylation sites (tertiary alicyclic amines) is 1. The van der Waals surface area contributed by atoms with Gasteiger partial charge in [0.1, 0.15) is 36.8 Å². The maximum absolute atomic E-state index is 15.5. The molecule has 4 atom stereocenters. The summed E-state index contributed by atoms with van der Waals surface area (Å²) in [6, 6.07) is 6.89. The van der Waals surface area contributed by atoms with Crippen LogP contribution in [0.2, 0.25) is 0 Å². The molecule has 2 unspecified atom stereocenters. The molecule has 3 saturated heterocycles. The van der Waals surface area contributed by atoms with Crippen molar-refractivity contribution in [3.05, 3.63) is 65.4 Å². The Morgan fingerprint density at radius 2 is 1.88 bits per heavy atom. The number of hydrogen-bond donors (Lipinski definition) is 2. The van der Waals surface area contributed by atoms with Crippen LogP contribution >= 0.6 is 0 Å². The second-order valence-corrected chi connectivity index (χ2v) is 17.3. The van der Waals surface area contributed by atoms with Crippen molar-refractivity contribution in [1.29, 1.82) is 0 Å². The minimum absolute atomic E-state index is 0.00259. The van der Waals surface area contributed by atoms with Crippen molar-refractivity contribution in [2.45, 2.75) is 94.7 Å². The van der Waals surface area contributed by atoms with Crippen molar-refractivity contribution in [3.63, 3.8) is 0 Å². The second-order valence-electron chi connectivity index (χ2n) is 17.3. The molecule has 352 valence electrons. The third-order valence-electron chi connectivity index (χ3n) is 13.0. The van der Waals surface area contributed by atoms with Crippen molar-refractivity contribution >= 4 is 45.8 Å². The van der Waals surface area contributed by atoms with Crippen LogP contribution in [-0.4, -0.2) is 128 Å². The molecule has 3 aliphatic heterocycles. The molecule has 7 heterocycles. The van der Waals surface area contributed by atoms with Gasteiger partial charge in [-0.3, -0.25) is 34.0 Å². The maximum Gasteiger partial charge on any atom is 0.284 e. The van der Waals surface area contributed by atoms with Crippen LogP contribution in [0.3, 0.4) is 0 Å². The number of aromatic nitrogens is 7. The molecule has 0 bridgehead atoms. The van der Waals surface area contributed by atoms with Gasteiger partial charge in [-0.05, 0) is 56.6 Å². The lowest BCUT2D eigenvalue weighted by molar-refractivity contribution is -0.134. The molecule has 21 heteroatoms. The highest BCUT2D eigenvalue weighted by Crippen LogP contribution is 2.36. The Kier molecular flexibility index (Phi) is 13.5. The van der Waals surface area contributed by atoms with E-state index in [1.54, 1.807) is 21.8 Å². The fourth-order valence-corrected chi connectivity index (χ4v) is 9.58. The molecule has 9 rings (SSSR count). The van der Waals surface area contributed by atoms with Gasteiger partial charge in [0, 0.05) is 50.4 Å². The molecule has 1 aromatic carbocycles. The average molecular weight is 930 g/mol. The molecule has 4 fully saturated rings. The summed E-state index contributed by atoms with van der Waals surface area (Å²) in [5.74, 6) is 7.30. The van der Waals surface area contributed by atoms with E-state index in [9.17, 15) is 31.9 Å². The van der Waals surface area contributed by atoms with E-state index in [0.29, 0.717) is 67.9 Å². The zero-order chi connectivity index (χ0) is 46.8. The third kappa shape index (κ3) is 9.85. The minimum atomic E-state index is -2.97. The van der Waals surface area contributed by atoms with Crippen LogP contribution in [0, 0.1) is 30.1 Å². The van der Waals surface area contributed by atoms with Crippen LogP contribution < -0.4 is 15.5 Å². The summed E-state index contributed by atoms with van der Waals surface area (Å²) in [7, 11) is 0. The fraction of sp³-hybridized carbons (Fsp3) is 0.500. The first-order chi connectivity index (χ1) is 32.4. The number of carbonyl (C=O) groups is 3. The van der Waals surface area contributed by atoms with E-state index >= 15 is 4.39 Å². The predicted molar refractivity (Wildman–Crippen MR) is 233 cm³/mol. The molecule has 0 spiro atoms. The summed E-state index contributed by atoms with van der Waals surface area (Å²) in [5.41, 5.74) is 1.27. The summed E-state index contributed by atoms with van der Waals surface area (Å²) in [4.78, 5) is 46.2. The quantitative estimate of drug-likeness (QED) is 0.0948. The number of imide groups is 1. The first kappa shape index (κ1) is 45.7. The Hall–Kier alpha value is -6.42. The third-order valence-corrected chi connectivity index (χ3v) is 13.0. The minimum Gasteiger partial charge on any atom is -0.369 e. The SMILES string of the molecule is C#CCn1nc(C2CCC(=O)NC2=O)c2cccc(C#CCO[C@H]3CCN(CC4CCC(n5cc(NC(=O)c6cnn7ccc(N8CCOC(C(F)F)C8)nc67)c(C(F)F)n5)CC4)C[C@H]3F)c21. The van der Waals surface area contributed by atoms with Crippen LogP contribution in [0.15, 0.2) is 42.9 Å². The lowest BCUT2D eigenvalue weighted by Crippen LogP contribution is -2.47. The summed E-state index contributed by atoms with van der Waals surface area (Å²) < 4.78 is 86.4. The molecular formula is C46H48F5N11O5. The smallest absolute Gasteiger partial charge is 0.284 e. The highest BCUT2D eigenvalue weighted by atomic mass is 19.3. The number of piperidine rings is 2. The molecule has 0 radical (unpaired) electrons. The number of para-hydroxylation sites is 1. The summed E-state index contributed by atoms with van der Waals surface area (Å²) in [6.07, 6.45) is 4.99. The first-order valence-electron chi connectivity index (χ1n) is 22.3. The molecular weight excluding hydrogens is 882 g/mol. The number of carbonyl (C=O) groups excluding carboxylic acids is 3. The van der Waals surface area contributed by atoms with E-state index in [1.807, 2.05) is 18.2 Å². The van der Waals surface area contributed by atoms with Crippen molar-refractivity contribution in [2.75, 3.05) is 56.2 Å². The number of ether oxygens (including phenoxy) is 2. The van der Waals surface area contributed by atoms with Gasteiger partial charge >= 0.3 is 0 Å². The average Bonchev–Trinajstić information content (AvgIpc) is 4.05. The van der Waals surface area contributed by atoms with Crippen LogP contribution in [0.5, 0.6) is 0 Å². The predicted octanol–water partition coefficient (Wildman–Crippen LogP) is 5.30. The number of rotatable bonds is 12. The molecule has 1 saturated carbocycles. The number of nitrogens with zero attached hydrogens (tertiary/aromatic N) is 9. The molecule has 3 amide bonds. The molecule has 16 nitrogen and oxygen atoms in total. The monoisotopic (exact) mass is 929 g/mol. The summed E-state index contributed by atoms with van der Waals surface area (Å²) in [5, 5.41) is 18.7. The summed E-state index contributed by atoms with van der Waals surface area (Å²) in [6.45, 7) is 1.99. The number of fused-ring (bicyclic) bond motifs is 2. The van der Waals surface area contributed by atoms with Gasteiger partial charge in [0.05, 0.1) is 59.9 Å². The lowest BCUT2D eigenvalue weighted by atomic mass is 9.85. The maximum atomic E-state index is 15.5. The standard InChI is InChI=1S/C46H48F5N11O5/c1-2-16-60-41-28(5-3-7-30(41)39(56-60)31-12-13-38(63)55-45(31)64)6-4-20-66-35-14-17-58(24-33(35)47)23-27-8-10-29(11-9-27)62-25-34(40(57-62)43(50)51)53-46(65)32-22-52-61-18-15-37(54-44(32)61)59-19-21-67-36(26-59)42(48)49/h1,3,5,7,15,18,22,25,27,29,31,33,35-36,42-43H,8-14,16-17,19-21,23-24,26H2,(H,53,65)(H,55,63,64)/t27?,29?,31?,33-,35+,36?/m1/s1. The fourth-order valence-electron chi connectivity index (χ4n) is 9.58. The second kappa shape index (κ2) is 19.8. The normalized spacial score (nSPS) is 23.9. The zero-order valence-electron chi connectivity index (χ0n) is 36.3. The molecule has 4 aliphatic rings. The Morgan fingerprint density at radius 1 is 1.04 bits per heavy atom. The van der Waals surface area contributed by atoms with Crippen molar-refractivity contribution in [2.24, 2.45) is 5.92 Å². The van der Waals surface area contributed by atoms with Crippen molar-refractivity contribution in [1.82, 2.24) is 44.4 Å². The Balaban J connectivity index is 0.764. The highest BCUT2D eigenvalue weighted by molar-refractivity contribution is 6.08. The van der Waals surface area contributed by atoms with Gasteiger partial charge in [0.25, 0.3) is 18.8 Å². The van der Waals surface area contributed by atoms with Gasteiger partial charge < -0.3 is 19.7 Å². The first-order valence-corrected chi connectivity index (χ1v) is 22.3. The van der Waals surface area contributed by atoms with Gasteiger partial charge in [-0.25, -0.2) is 31.5 Å². The van der Waals surface area contributed by atoms with E-state index in [4.69, 9.17) is 15.9 Å². The molecule has 1 aliphatic carbocycles. The van der Waals surface area contributed by atoms with E-state index < -0.39 is 54.7 Å². The largest absolute Gasteiger partial charge is 0.369 e. The van der Waals surface area contributed by atoms with Crippen molar-refractivity contribution < 1.29 is 45.8 Å². The van der Waals surface area contributed by atoms with Crippen molar-refractivity contribution in [3.8, 4) is 24.2 Å². The topological polar surface area (TPSA) is 166 Å². The lowest BCUT2D eigenvalue weighted by Gasteiger charge is -2.38. The van der Waals surface area contributed by atoms with Gasteiger partial charge in [-0.2, -0.15) is 15.3 Å². The van der Waals surface area contributed by atoms with Gasteiger partial charge in [0.2, 0.25) is 11.8 Å². The van der Waals surface area contributed by atoms with Crippen LogP contribution in [0.25, 0.3) is 16.6 Å². The van der Waals surface area contributed by atoms with E-state index in [1.165, 1.54) is 21.6 Å².